The molecule has 1 aliphatic rings. The highest BCUT2D eigenvalue weighted by Crippen LogP contribution is 2.32. The normalized spacial score (nSPS) is 15.2. The Hall–Kier alpha value is -0.960. The number of carbonyl (C=O) groups excluding carboxylic acids is 1. The van der Waals surface area contributed by atoms with Gasteiger partial charge in [-0.15, -0.1) is 0 Å². The van der Waals surface area contributed by atoms with Crippen molar-refractivity contribution < 1.29 is 9.53 Å². The van der Waals surface area contributed by atoms with Crippen LogP contribution in [-0.2, 0) is 11.3 Å². The van der Waals surface area contributed by atoms with E-state index in [0.717, 1.165) is 16.0 Å². The van der Waals surface area contributed by atoms with Crippen LogP contribution in [0.4, 0.5) is 4.79 Å². The quantitative estimate of drug-likeness (QED) is 0.574. The van der Waals surface area contributed by atoms with Crippen LogP contribution in [0.15, 0.2) is 23.1 Å². The van der Waals surface area contributed by atoms with Gasteiger partial charge < -0.3 is 4.74 Å². The van der Waals surface area contributed by atoms with Gasteiger partial charge in [-0.25, -0.2) is 4.79 Å². The van der Waals surface area contributed by atoms with Gasteiger partial charge in [0, 0.05) is 10.5 Å². The maximum Gasteiger partial charge on any atom is 0.372 e. The maximum absolute atomic E-state index is 10.9. The van der Waals surface area contributed by atoms with Gasteiger partial charge in [-0.3, -0.25) is 0 Å². The number of carbonyl (C=O) groups is 1. The van der Waals surface area contributed by atoms with E-state index < -0.39 is 0 Å². The van der Waals surface area contributed by atoms with Crippen LogP contribution in [0.3, 0.4) is 0 Å². The van der Waals surface area contributed by atoms with Crippen LogP contribution in [0, 0.1) is 6.92 Å². The molecule has 1 aliphatic heterocycles. The van der Waals surface area contributed by atoms with Crippen LogP contribution < -0.4 is 0 Å². The first-order valence-corrected chi connectivity index (χ1v) is 4.52. The van der Waals surface area contributed by atoms with E-state index in [-0.39, 0.29) is 5.30 Å². The molecule has 2 nitrogen and oxygen atoms in total. The highest BCUT2D eigenvalue weighted by molar-refractivity contribution is 8.13. The van der Waals surface area contributed by atoms with E-state index in [9.17, 15) is 4.79 Å². The van der Waals surface area contributed by atoms with Gasteiger partial charge in [0.1, 0.15) is 6.61 Å². The minimum Gasteiger partial charge on any atom is -0.452 e. The number of hydrogen-bond acceptors (Lipinski definition) is 3. The van der Waals surface area contributed by atoms with Crippen LogP contribution in [0.2, 0.25) is 0 Å². The standard InChI is InChI=1S/C9H8O2S/c1-6-3-2-4-7-5-11-9(10)12-8(6)7/h2-4H,5H2,1H3. The number of ether oxygens (including phenoxy) is 1. The maximum atomic E-state index is 10.9. The minimum atomic E-state index is -0.197. The topological polar surface area (TPSA) is 26.3 Å². The Bertz CT molecular complexity index is 333. The van der Waals surface area contributed by atoms with E-state index in [2.05, 4.69) is 0 Å². The van der Waals surface area contributed by atoms with Crippen LogP contribution in [-0.4, -0.2) is 5.30 Å². The molecule has 0 saturated carbocycles. The lowest BCUT2D eigenvalue weighted by atomic mass is 10.1. The molecule has 1 aromatic carbocycles. The highest BCUT2D eigenvalue weighted by Gasteiger charge is 2.18. The van der Waals surface area contributed by atoms with Crippen molar-refractivity contribution >= 4 is 17.1 Å². The number of cyclic esters (lactones) is 1. The SMILES string of the molecule is Cc1cccc2c1SC(=O)OC2. The zero-order valence-electron chi connectivity index (χ0n) is 6.66. The van der Waals surface area contributed by atoms with Crippen molar-refractivity contribution in [2.24, 2.45) is 0 Å². The number of fused-ring (bicyclic) bond motifs is 1. The van der Waals surface area contributed by atoms with Crippen LogP contribution in [0.5, 0.6) is 0 Å². The molecule has 2 rings (SSSR count). The summed E-state index contributed by atoms with van der Waals surface area (Å²) in [5, 5.41) is -0.197. The molecular weight excluding hydrogens is 172 g/mol. The summed E-state index contributed by atoms with van der Waals surface area (Å²) >= 11 is 1.18. The molecule has 0 spiro atoms. The van der Waals surface area contributed by atoms with Gasteiger partial charge in [-0.1, -0.05) is 18.2 Å². The van der Waals surface area contributed by atoms with E-state index >= 15 is 0 Å². The number of aryl methyl sites for hydroxylation is 1. The van der Waals surface area contributed by atoms with Gasteiger partial charge in [0.2, 0.25) is 0 Å². The second-order valence-corrected chi connectivity index (χ2v) is 3.65. The molecule has 12 heavy (non-hydrogen) atoms. The molecule has 0 radical (unpaired) electrons. The fraction of sp³-hybridized carbons (Fsp3) is 0.222. The Morgan fingerprint density at radius 1 is 1.50 bits per heavy atom. The van der Waals surface area contributed by atoms with Gasteiger partial charge in [0.15, 0.2) is 0 Å². The molecule has 0 aromatic heterocycles. The Balaban J connectivity index is 2.50. The Morgan fingerprint density at radius 2 is 2.33 bits per heavy atom. The first kappa shape index (κ1) is 7.68. The Morgan fingerprint density at radius 3 is 3.17 bits per heavy atom. The molecule has 0 aliphatic carbocycles. The lowest BCUT2D eigenvalue weighted by molar-refractivity contribution is 0.165. The molecule has 0 fully saturated rings. The summed E-state index contributed by atoms with van der Waals surface area (Å²) in [4.78, 5) is 12.0. The third-order valence-corrected chi connectivity index (χ3v) is 2.90. The lowest BCUT2D eigenvalue weighted by Gasteiger charge is -2.16. The number of hydrogen-bond donors (Lipinski definition) is 0. The third kappa shape index (κ3) is 1.20. The van der Waals surface area contributed by atoms with E-state index in [1.54, 1.807) is 0 Å². The van der Waals surface area contributed by atoms with Crippen molar-refractivity contribution in [3.05, 3.63) is 29.3 Å². The third-order valence-electron chi connectivity index (χ3n) is 1.82. The van der Waals surface area contributed by atoms with Crippen molar-refractivity contribution in [2.45, 2.75) is 18.4 Å². The van der Waals surface area contributed by atoms with Gasteiger partial charge in [0.05, 0.1) is 0 Å². The Kier molecular flexibility index (Phi) is 1.81. The number of thioether (sulfide) groups is 1. The summed E-state index contributed by atoms with van der Waals surface area (Å²) in [6.07, 6.45) is 0. The van der Waals surface area contributed by atoms with Crippen molar-refractivity contribution in [1.82, 2.24) is 0 Å². The van der Waals surface area contributed by atoms with Gasteiger partial charge in [0.25, 0.3) is 0 Å². The van der Waals surface area contributed by atoms with Gasteiger partial charge in [-0.2, -0.15) is 0 Å². The zero-order chi connectivity index (χ0) is 8.55. The molecule has 0 saturated heterocycles. The van der Waals surface area contributed by atoms with Gasteiger partial charge in [-0.05, 0) is 24.2 Å². The molecule has 0 amide bonds. The van der Waals surface area contributed by atoms with E-state index in [1.807, 2.05) is 25.1 Å². The molecule has 3 heteroatoms. The summed E-state index contributed by atoms with van der Waals surface area (Å²) < 4.78 is 4.88. The number of benzene rings is 1. The van der Waals surface area contributed by atoms with E-state index in [4.69, 9.17) is 4.74 Å². The van der Waals surface area contributed by atoms with Crippen molar-refractivity contribution in [3.63, 3.8) is 0 Å². The van der Waals surface area contributed by atoms with Crippen LogP contribution >= 0.6 is 11.8 Å². The molecule has 0 bridgehead atoms. The average molecular weight is 180 g/mol. The van der Waals surface area contributed by atoms with E-state index in [1.165, 1.54) is 11.8 Å². The van der Waals surface area contributed by atoms with Crippen LogP contribution in [0.1, 0.15) is 11.1 Å². The summed E-state index contributed by atoms with van der Waals surface area (Å²) in [7, 11) is 0. The monoisotopic (exact) mass is 180 g/mol. The molecule has 62 valence electrons. The Labute approximate surface area is 74.9 Å². The van der Waals surface area contributed by atoms with Gasteiger partial charge >= 0.3 is 5.30 Å². The smallest absolute Gasteiger partial charge is 0.372 e. The summed E-state index contributed by atoms with van der Waals surface area (Å²) in [5.41, 5.74) is 2.26. The second-order valence-electron chi connectivity index (χ2n) is 2.70. The van der Waals surface area contributed by atoms with Crippen molar-refractivity contribution in [1.29, 1.82) is 0 Å². The number of rotatable bonds is 0. The highest BCUT2D eigenvalue weighted by atomic mass is 32.2. The minimum absolute atomic E-state index is 0.197. The predicted molar refractivity (Wildman–Crippen MR) is 47.2 cm³/mol. The van der Waals surface area contributed by atoms with Crippen LogP contribution in [0.25, 0.3) is 0 Å². The molecule has 0 unspecified atom stereocenters. The predicted octanol–water partition coefficient (Wildman–Crippen LogP) is 2.74. The summed E-state index contributed by atoms with van der Waals surface area (Å²) in [6.45, 7) is 2.42. The molecule has 0 atom stereocenters. The summed E-state index contributed by atoms with van der Waals surface area (Å²) in [5.74, 6) is 0. The van der Waals surface area contributed by atoms with Crippen molar-refractivity contribution in [3.8, 4) is 0 Å². The zero-order valence-corrected chi connectivity index (χ0v) is 7.48. The first-order chi connectivity index (χ1) is 5.77. The summed E-state index contributed by atoms with van der Waals surface area (Å²) in [6, 6.07) is 5.97. The second kappa shape index (κ2) is 2.83. The largest absolute Gasteiger partial charge is 0.452 e. The molecular formula is C9H8O2S. The molecule has 1 aromatic rings. The first-order valence-electron chi connectivity index (χ1n) is 3.70. The fourth-order valence-electron chi connectivity index (χ4n) is 1.22. The lowest BCUT2D eigenvalue weighted by Crippen LogP contribution is -2.06. The molecule has 0 N–H and O–H groups in total. The van der Waals surface area contributed by atoms with Crippen molar-refractivity contribution in [2.75, 3.05) is 0 Å². The fourth-order valence-corrected chi connectivity index (χ4v) is 1.99. The molecule has 1 heterocycles. The van der Waals surface area contributed by atoms with E-state index in [0.29, 0.717) is 6.61 Å². The average Bonchev–Trinajstić information content (AvgIpc) is 2.07.